The van der Waals surface area contributed by atoms with Gasteiger partial charge in [-0.25, -0.2) is 4.79 Å². The summed E-state index contributed by atoms with van der Waals surface area (Å²) < 4.78 is 10.8. The third-order valence-corrected chi connectivity index (χ3v) is 2.83. The molecule has 14 heavy (non-hydrogen) atoms. The zero-order valence-electron chi connectivity index (χ0n) is 8.18. The first-order chi connectivity index (χ1) is 6.68. The Kier molecular flexibility index (Phi) is 2.60. The van der Waals surface area contributed by atoms with E-state index >= 15 is 0 Å². The molecular formula is C9H15NO4. The molecule has 0 spiro atoms. The molecule has 2 fully saturated rings. The molecule has 2 aliphatic heterocycles. The normalized spacial score (nSPS) is 37.8. The summed E-state index contributed by atoms with van der Waals surface area (Å²) in [4.78, 5) is 12.3. The Morgan fingerprint density at radius 1 is 1.57 bits per heavy atom. The summed E-state index contributed by atoms with van der Waals surface area (Å²) in [5, 5.41) is 8.96. The predicted octanol–water partition coefficient (Wildman–Crippen LogP) is 0.890. The van der Waals surface area contributed by atoms with Gasteiger partial charge in [-0.2, -0.15) is 0 Å². The standard InChI is InChI=1S/C9H15NO4/c1-6-13-5-7-8(14-6)3-2-4-10(7)9(11)12/h6-8H,2-5H2,1H3,(H,11,12)/t6?,7-,8-/m0/s1. The molecule has 0 radical (unpaired) electrons. The lowest BCUT2D eigenvalue weighted by Gasteiger charge is -2.43. The molecule has 80 valence electrons. The van der Waals surface area contributed by atoms with Gasteiger partial charge in [-0.15, -0.1) is 0 Å². The van der Waals surface area contributed by atoms with E-state index in [2.05, 4.69) is 0 Å². The van der Waals surface area contributed by atoms with E-state index in [1.807, 2.05) is 6.92 Å². The minimum absolute atomic E-state index is 0.0172. The van der Waals surface area contributed by atoms with Gasteiger partial charge < -0.3 is 19.5 Å². The monoisotopic (exact) mass is 201 g/mol. The highest BCUT2D eigenvalue weighted by atomic mass is 16.7. The highest BCUT2D eigenvalue weighted by Gasteiger charge is 2.39. The van der Waals surface area contributed by atoms with Crippen LogP contribution in [-0.2, 0) is 9.47 Å². The number of ether oxygens (including phenoxy) is 2. The van der Waals surface area contributed by atoms with E-state index in [1.54, 1.807) is 0 Å². The van der Waals surface area contributed by atoms with Crippen LogP contribution in [0.15, 0.2) is 0 Å². The van der Waals surface area contributed by atoms with Gasteiger partial charge in [-0.05, 0) is 19.8 Å². The molecule has 5 nitrogen and oxygen atoms in total. The molecule has 2 aliphatic rings. The van der Waals surface area contributed by atoms with Crippen molar-refractivity contribution >= 4 is 6.09 Å². The molecule has 0 bridgehead atoms. The Bertz CT molecular complexity index is 233. The lowest BCUT2D eigenvalue weighted by Crippen LogP contribution is -2.57. The summed E-state index contributed by atoms with van der Waals surface area (Å²) in [7, 11) is 0. The molecule has 2 heterocycles. The molecule has 0 aromatic rings. The lowest BCUT2D eigenvalue weighted by atomic mass is 9.99. The molecule has 0 aromatic heterocycles. The quantitative estimate of drug-likeness (QED) is 0.632. The summed E-state index contributed by atoms with van der Waals surface area (Å²) in [6.45, 7) is 2.89. The molecule has 3 atom stereocenters. The van der Waals surface area contributed by atoms with Gasteiger partial charge in [0.2, 0.25) is 0 Å². The van der Waals surface area contributed by atoms with Crippen LogP contribution in [0.3, 0.4) is 0 Å². The van der Waals surface area contributed by atoms with Crippen molar-refractivity contribution in [3.8, 4) is 0 Å². The van der Waals surface area contributed by atoms with Crippen molar-refractivity contribution in [2.75, 3.05) is 13.2 Å². The van der Waals surface area contributed by atoms with Crippen LogP contribution in [0, 0.1) is 0 Å². The Labute approximate surface area is 82.6 Å². The fourth-order valence-corrected chi connectivity index (χ4v) is 2.13. The first kappa shape index (κ1) is 9.73. The molecule has 1 unspecified atom stereocenters. The van der Waals surface area contributed by atoms with E-state index in [-0.39, 0.29) is 18.4 Å². The first-order valence-corrected chi connectivity index (χ1v) is 4.95. The number of amides is 1. The second-order valence-electron chi connectivity index (χ2n) is 3.76. The average Bonchev–Trinajstić information content (AvgIpc) is 2.16. The van der Waals surface area contributed by atoms with E-state index in [4.69, 9.17) is 14.6 Å². The van der Waals surface area contributed by atoms with Crippen LogP contribution in [0.5, 0.6) is 0 Å². The summed E-state index contributed by atoms with van der Waals surface area (Å²) in [6.07, 6.45) is 0.748. The Balaban J connectivity index is 2.06. The Morgan fingerprint density at radius 2 is 2.36 bits per heavy atom. The van der Waals surface area contributed by atoms with Crippen molar-refractivity contribution in [1.82, 2.24) is 4.90 Å². The van der Waals surface area contributed by atoms with Gasteiger partial charge in [0.1, 0.15) is 0 Å². The van der Waals surface area contributed by atoms with Crippen molar-refractivity contribution < 1.29 is 19.4 Å². The molecule has 0 aliphatic carbocycles. The van der Waals surface area contributed by atoms with Gasteiger partial charge in [-0.1, -0.05) is 0 Å². The number of carboxylic acid groups (broad SMARTS) is 1. The molecular weight excluding hydrogens is 186 g/mol. The van der Waals surface area contributed by atoms with Gasteiger partial charge in [0.25, 0.3) is 0 Å². The molecule has 5 heteroatoms. The molecule has 1 amide bonds. The van der Waals surface area contributed by atoms with E-state index in [0.717, 1.165) is 12.8 Å². The van der Waals surface area contributed by atoms with Crippen LogP contribution >= 0.6 is 0 Å². The van der Waals surface area contributed by atoms with Gasteiger partial charge in [0.15, 0.2) is 6.29 Å². The molecule has 2 rings (SSSR count). The van der Waals surface area contributed by atoms with Crippen molar-refractivity contribution in [3.05, 3.63) is 0 Å². The Morgan fingerprint density at radius 3 is 3.07 bits per heavy atom. The number of hydrogen-bond acceptors (Lipinski definition) is 3. The van der Waals surface area contributed by atoms with Crippen LogP contribution in [-0.4, -0.2) is 47.7 Å². The average molecular weight is 201 g/mol. The van der Waals surface area contributed by atoms with Crippen molar-refractivity contribution in [2.45, 2.75) is 38.2 Å². The lowest BCUT2D eigenvalue weighted by molar-refractivity contribution is -0.236. The van der Waals surface area contributed by atoms with Crippen LogP contribution in [0.1, 0.15) is 19.8 Å². The Hall–Kier alpha value is -0.810. The fourth-order valence-electron chi connectivity index (χ4n) is 2.13. The smallest absolute Gasteiger partial charge is 0.407 e. The molecule has 2 saturated heterocycles. The summed E-state index contributed by atoms with van der Waals surface area (Å²) in [5.74, 6) is 0. The van der Waals surface area contributed by atoms with Crippen LogP contribution in [0.25, 0.3) is 0 Å². The third kappa shape index (κ3) is 1.69. The van der Waals surface area contributed by atoms with Crippen molar-refractivity contribution in [2.24, 2.45) is 0 Å². The summed E-state index contributed by atoms with van der Waals surface area (Å²) >= 11 is 0. The highest BCUT2D eigenvalue weighted by molar-refractivity contribution is 5.65. The van der Waals surface area contributed by atoms with Crippen LogP contribution in [0.4, 0.5) is 4.79 Å². The maximum absolute atomic E-state index is 10.9. The maximum Gasteiger partial charge on any atom is 0.407 e. The van der Waals surface area contributed by atoms with Gasteiger partial charge >= 0.3 is 6.09 Å². The number of likely N-dealkylation sites (tertiary alicyclic amines) is 1. The van der Waals surface area contributed by atoms with Crippen molar-refractivity contribution in [1.29, 1.82) is 0 Å². The predicted molar refractivity (Wildman–Crippen MR) is 48.0 cm³/mol. The number of rotatable bonds is 0. The number of nitrogens with zero attached hydrogens (tertiary/aromatic N) is 1. The van der Waals surface area contributed by atoms with Crippen molar-refractivity contribution in [3.63, 3.8) is 0 Å². The largest absolute Gasteiger partial charge is 0.465 e. The number of carbonyl (C=O) groups is 1. The minimum Gasteiger partial charge on any atom is -0.465 e. The van der Waals surface area contributed by atoms with Gasteiger partial charge in [-0.3, -0.25) is 0 Å². The third-order valence-electron chi connectivity index (χ3n) is 2.83. The highest BCUT2D eigenvalue weighted by Crippen LogP contribution is 2.26. The van der Waals surface area contributed by atoms with E-state index in [1.165, 1.54) is 4.90 Å². The zero-order chi connectivity index (χ0) is 10.1. The molecule has 0 aromatic carbocycles. The van der Waals surface area contributed by atoms with E-state index in [0.29, 0.717) is 13.2 Å². The van der Waals surface area contributed by atoms with E-state index < -0.39 is 6.09 Å². The number of piperidine rings is 1. The second-order valence-corrected chi connectivity index (χ2v) is 3.76. The summed E-state index contributed by atoms with van der Waals surface area (Å²) in [5.41, 5.74) is 0. The fraction of sp³-hybridized carbons (Fsp3) is 0.889. The second kappa shape index (κ2) is 3.74. The first-order valence-electron chi connectivity index (χ1n) is 4.95. The number of hydrogen-bond donors (Lipinski definition) is 1. The minimum atomic E-state index is -0.874. The van der Waals surface area contributed by atoms with E-state index in [9.17, 15) is 4.79 Å². The summed E-state index contributed by atoms with van der Waals surface area (Å²) in [6, 6.07) is -0.113. The number of fused-ring (bicyclic) bond motifs is 1. The van der Waals surface area contributed by atoms with Gasteiger partial charge in [0.05, 0.1) is 18.8 Å². The zero-order valence-corrected chi connectivity index (χ0v) is 8.18. The SMILES string of the molecule is CC1OC[C@H]2[C@H](CCCN2C(=O)O)O1. The molecule has 0 saturated carbocycles. The maximum atomic E-state index is 10.9. The van der Waals surface area contributed by atoms with Crippen LogP contribution in [0.2, 0.25) is 0 Å². The topological polar surface area (TPSA) is 59.0 Å². The van der Waals surface area contributed by atoms with Gasteiger partial charge in [0, 0.05) is 6.54 Å². The van der Waals surface area contributed by atoms with Crippen LogP contribution < -0.4 is 0 Å². The molecule has 1 N–H and O–H groups in total.